The summed E-state index contributed by atoms with van der Waals surface area (Å²) in [4.78, 5) is 6.64. The molecule has 2 heterocycles. The van der Waals surface area contributed by atoms with E-state index in [0.717, 1.165) is 5.56 Å². The van der Waals surface area contributed by atoms with Gasteiger partial charge in [0.05, 0.1) is 12.0 Å². The second kappa shape index (κ2) is 8.22. The van der Waals surface area contributed by atoms with E-state index >= 15 is 0 Å². The number of hydrogen-bond acceptors (Lipinski definition) is 7. The molecule has 0 radical (unpaired) electrons. The molecular weight excluding hydrogens is 392 g/mol. The quantitative estimate of drug-likeness (QED) is 0.611. The molecule has 0 amide bonds. The molecule has 0 saturated carbocycles. The number of hydrogen-bond donors (Lipinski definition) is 0. The van der Waals surface area contributed by atoms with Crippen LogP contribution in [-0.4, -0.2) is 56.2 Å². The number of piperazine rings is 1. The van der Waals surface area contributed by atoms with Crippen molar-refractivity contribution < 1.29 is 17.7 Å². The summed E-state index contributed by atoms with van der Waals surface area (Å²) in [6.45, 7) is 1.68. The van der Waals surface area contributed by atoms with Crippen LogP contribution in [0.15, 0.2) is 64.0 Å². The maximum atomic E-state index is 12.9. The van der Waals surface area contributed by atoms with E-state index in [9.17, 15) is 8.42 Å². The molecule has 1 aliphatic heterocycles. The van der Waals surface area contributed by atoms with E-state index in [2.05, 4.69) is 10.1 Å². The third-order valence-electron chi connectivity index (χ3n) is 4.87. The van der Waals surface area contributed by atoms with Crippen molar-refractivity contribution in [3.8, 4) is 5.75 Å². The SMILES string of the molecule is COc1ccc(S(=O)(=O)N2CCN(c3nc(Cc4ccccc4)no3)CC2)cc1. The summed E-state index contributed by atoms with van der Waals surface area (Å²) in [6.07, 6.45) is 0.593. The van der Waals surface area contributed by atoms with Crippen LogP contribution in [0.4, 0.5) is 6.01 Å². The minimum Gasteiger partial charge on any atom is -0.497 e. The molecule has 1 saturated heterocycles. The van der Waals surface area contributed by atoms with Crippen molar-refractivity contribution in [2.45, 2.75) is 11.3 Å². The molecule has 1 aliphatic rings. The number of anilines is 1. The van der Waals surface area contributed by atoms with Gasteiger partial charge in [-0.2, -0.15) is 9.29 Å². The van der Waals surface area contributed by atoms with Gasteiger partial charge in [-0.3, -0.25) is 0 Å². The lowest BCUT2D eigenvalue weighted by Gasteiger charge is -2.32. The summed E-state index contributed by atoms with van der Waals surface area (Å²) in [5.41, 5.74) is 1.11. The fourth-order valence-corrected chi connectivity index (χ4v) is 4.66. The van der Waals surface area contributed by atoms with Gasteiger partial charge in [-0.15, -0.1) is 0 Å². The Balaban J connectivity index is 1.39. The smallest absolute Gasteiger partial charge is 0.324 e. The molecule has 0 N–H and O–H groups in total. The van der Waals surface area contributed by atoms with Crippen LogP contribution in [0.5, 0.6) is 5.75 Å². The van der Waals surface area contributed by atoms with Crippen molar-refractivity contribution in [3.05, 3.63) is 66.0 Å². The van der Waals surface area contributed by atoms with E-state index in [1.54, 1.807) is 31.4 Å². The fourth-order valence-electron chi connectivity index (χ4n) is 3.24. The van der Waals surface area contributed by atoms with Crippen LogP contribution in [0.2, 0.25) is 0 Å². The highest BCUT2D eigenvalue weighted by Gasteiger charge is 2.30. The highest BCUT2D eigenvalue weighted by molar-refractivity contribution is 7.89. The van der Waals surface area contributed by atoms with Crippen molar-refractivity contribution in [3.63, 3.8) is 0 Å². The van der Waals surface area contributed by atoms with Crippen molar-refractivity contribution in [1.29, 1.82) is 0 Å². The zero-order valence-electron chi connectivity index (χ0n) is 16.1. The summed E-state index contributed by atoms with van der Waals surface area (Å²) in [5, 5.41) is 4.05. The first-order valence-corrected chi connectivity index (χ1v) is 10.8. The predicted molar refractivity (Wildman–Crippen MR) is 108 cm³/mol. The monoisotopic (exact) mass is 414 g/mol. The molecule has 152 valence electrons. The van der Waals surface area contributed by atoms with E-state index in [-0.39, 0.29) is 4.90 Å². The Kier molecular flexibility index (Phi) is 5.50. The van der Waals surface area contributed by atoms with Crippen molar-refractivity contribution in [1.82, 2.24) is 14.4 Å². The van der Waals surface area contributed by atoms with E-state index in [1.165, 1.54) is 4.31 Å². The summed E-state index contributed by atoms with van der Waals surface area (Å²) in [5.74, 6) is 1.23. The Morgan fingerprint density at radius 2 is 1.69 bits per heavy atom. The van der Waals surface area contributed by atoms with Gasteiger partial charge in [0.2, 0.25) is 10.0 Å². The first kappa shape index (κ1) is 19.4. The van der Waals surface area contributed by atoms with Crippen molar-refractivity contribution in [2.75, 3.05) is 38.2 Å². The number of methoxy groups -OCH3 is 1. The zero-order chi connectivity index (χ0) is 20.3. The molecule has 1 aromatic heterocycles. The molecule has 0 bridgehead atoms. The highest BCUT2D eigenvalue weighted by Crippen LogP contribution is 2.22. The molecule has 0 atom stereocenters. The number of benzene rings is 2. The van der Waals surface area contributed by atoms with E-state index < -0.39 is 10.0 Å². The van der Waals surface area contributed by atoms with Crippen LogP contribution in [0.1, 0.15) is 11.4 Å². The van der Waals surface area contributed by atoms with Crippen LogP contribution in [0.3, 0.4) is 0 Å². The minimum absolute atomic E-state index is 0.259. The molecule has 0 unspecified atom stereocenters. The Morgan fingerprint density at radius 3 is 2.34 bits per heavy atom. The van der Waals surface area contributed by atoms with Gasteiger partial charge in [-0.05, 0) is 29.8 Å². The normalized spacial score (nSPS) is 15.4. The maximum absolute atomic E-state index is 12.9. The zero-order valence-corrected chi connectivity index (χ0v) is 16.9. The van der Waals surface area contributed by atoms with Crippen molar-refractivity contribution in [2.24, 2.45) is 0 Å². The Hall–Kier alpha value is -2.91. The Bertz CT molecular complexity index is 1040. The second-order valence-corrected chi connectivity index (χ2v) is 8.66. The van der Waals surface area contributed by atoms with E-state index in [1.807, 2.05) is 35.2 Å². The lowest BCUT2D eigenvalue weighted by atomic mass is 10.1. The van der Waals surface area contributed by atoms with Gasteiger partial charge < -0.3 is 14.2 Å². The molecular formula is C20H22N4O4S. The number of rotatable bonds is 6. The minimum atomic E-state index is -3.54. The topological polar surface area (TPSA) is 88.8 Å². The van der Waals surface area contributed by atoms with E-state index in [4.69, 9.17) is 9.26 Å². The van der Waals surface area contributed by atoms with Crippen molar-refractivity contribution >= 4 is 16.0 Å². The second-order valence-electron chi connectivity index (χ2n) is 6.72. The molecule has 2 aromatic carbocycles. The average Bonchev–Trinajstić information content (AvgIpc) is 3.23. The number of sulfonamides is 1. The summed E-state index contributed by atoms with van der Waals surface area (Å²) in [7, 11) is -2.00. The molecule has 1 fully saturated rings. The van der Waals surface area contributed by atoms with Gasteiger partial charge in [-0.25, -0.2) is 8.42 Å². The molecule has 4 rings (SSSR count). The van der Waals surface area contributed by atoms with Gasteiger partial charge in [0.15, 0.2) is 5.82 Å². The summed E-state index contributed by atoms with van der Waals surface area (Å²) >= 11 is 0. The van der Waals surface area contributed by atoms with Gasteiger partial charge in [0.25, 0.3) is 0 Å². The number of ether oxygens (including phenoxy) is 1. The van der Waals surface area contributed by atoms with Crippen LogP contribution >= 0.6 is 0 Å². The number of aromatic nitrogens is 2. The predicted octanol–water partition coefficient (Wildman–Crippen LogP) is 2.18. The van der Waals surface area contributed by atoms with Crippen LogP contribution < -0.4 is 9.64 Å². The van der Waals surface area contributed by atoms with Gasteiger partial charge in [0.1, 0.15) is 5.75 Å². The third-order valence-corrected chi connectivity index (χ3v) is 6.78. The van der Waals surface area contributed by atoms with Crippen LogP contribution in [0.25, 0.3) is 0 Å². The molecule has 0 spiro atoms. The molecule has 0 aliphatic carbocycles. The first-order chi connectivity index (χ1) is 14.1. The molecule has 9 heteroatoms. The molecule has 8 nitrogen and oxygen atoms in total. The van der Waals surface area contributed by atoms with Crippen LogP contribution in [-0.2, 0) is 16.4 Å². The van der Waals surface area contributed by atoms with Gasteiger partial charge in [0, 0.05) is 32.6 Å². The molecule has 3 aromatic rings. The summed E-state index contributed by atoms with van der Waals surface area (Å²) in [6, 6.07) is 16.8. The van der Waals surface area contributed by atoms with Gasteiger partial charge >= 0.3 is 6.01 Å². The maximum Gasteiger partial charge on any atom is 0.324 e. The van der Waals surface area contributed by atoms with E-state index in [0.29, 0.717) is 50.2 Å². The molecule has 29 heavy (non-hydrogen) atoms. The Labute approximate surface area is 169 Å². The highest BCUT2D eigenvalue weighted by atomic mass is 32.2. The third kappa shape index (κ3) is 4.25. The Morgan fingerprint density at radius 1 is 1.00 bits per heavy atom. The lowest BCUT2D eigenvalue weighted by Crippen LogP contribution is -2.48. The van der Waals surface area contributed by atoms with Crippen LogP contribution in [0, 0.1) is 0 Å². The largest absolute Gasteiger partial charge is 0.497 e. The standard InChI is InChI=1S/C20H22N4O4S/c1-27-17-7-9-18(10-8-17)29(25,26)24-13-11-23(12-14-24)20-21-19(22-28-20)15-16-5-3-2-4-6-16/h2-10H,11-15H2,1H3. The fraction of sp³-hybridized carbons (Fsp3) is 0.300. The summed E-state index contributed by atoms with van der Waals surface area (Å²) < 4.78 is 37.7. The number of nitrogens with zero attached hydrogens (tertiary/aromatic N) is 4. The average molecular weight is 414 g/mol. The lowest BCUT2D eigenvalue weighted by molar-refractivity contribution is 0.353. The first-order valence-electron chi connectivity index (χ1n) is 9.32. The van der Waals surface area contributed by atoms with Gasteiger partial charge in [-0.1, -0.05) is 35.5 Å².